The SMILES string of the molecule is C[C@@H](NC(=O)c1ccc(Cl)cc1NS(=O)(=O)c1cccc2nsnc12)C1CCCCC1. The number of fused-ring (bicyclic) bond motifs is 1. The maximum absolute atomic E-state index is 13.1. The summed E-state index contributed by atoms with van der Waals surface area (Å²) in [5.74, 6) is 0.0980. The zero-order chi connectivity index (χ0) is 22.0. The number of nitrogens with one attached hydrogen (secondary N) is 2. The Hall–Kier alpha value is -2.23. The molecule has 1 aliphatic carbocycles. The number of hydrogen-bond donors (Lipinski definition) is 2. The topological polar surface area (TPSA) is 101 Å². The Balaban J connectivity index is 1.61. The molecule has 1 aromatic heterocycles. The third-order valence-electron chi connectivity index (χ3n) is 5.72. The van der Waals surface area contributed by atoms with Crippen LogP contribution in [0.1, 0.15) is 49.4 Å². The molecule has 3 aromatic rings. The summed E-state index contributed by atoms with van der Waals surface area (Å²) in [5.41, 5.74) is 1.14. The van der Waals surface area contributed by atoms with E-state index in [0.717, 1.165) is 24.6 Å². The Morgan fingerprint density at radius 1 is 1.16 bits per heavy atom. The van der Waals surface area contributed by atoms with Crippen molar-refractivity contribution in [3.63, 3.8) is 0 Å². The number of anilines is 1. The zero-order valence-corrected chi connectivity index (χ0v) is 19.4. The first-order chi connectivity index (χ1) is 14.8. The Labute approximate surface area is 190 Å². The van der Waals surface area contributed by atoms with Gasteiger partial charge in [-0.1, -0.05) is 36.9 Å². The summed E-state index contributed by atoms with van der Waals surface area (Å²) in [6.45, 7) is 2.00. The molecule has 1 amide bonds. The number of carbonyl (C=O) groups is 1. The molecule has 1 heterocycles. The van der Waals surface area contributed by atoms with Crippen molar-refractivity contribution in [3.05, 3.63) is 47.0 Å². The molecular weight excluding hydrogens is 456 g/mol. The summed E-state index contributed by atoms with van der Waals surface area (Å²) in [5, 5.41) is 3.36. The molecule has 1 aliphatic rings. The molecule has 4 rings (SSSR count). The normalized spacial score (nSPS) is 16.2. The molecule has 10 heteroatoms. The molecule has 164 valence electrons. The number of amides is 1. The molecule has 2 aromatic carbocycles. The average molecular weight is 479 g/mol. The Kier molecular flexibility index (Phi) is 6.45. The number of aromatic nitrogens is 2. The van der Waals surface area contributed by atoms with Crippen molar-refractivity contribution in [2.75, 3.05) is 4.72 Å². The van der Waals surface area contributed by atoms with E-state index in [1.54, 1.807) is 18.2 Å². The van der Waals surface area contributed by atoms with Crippen LogP contribution in [0.15, 0.2) is 41.3 Å². The first kappa shape index (κ1) is 22.0. The van der Waals surface area contributed by atoms with Crippen LogP contribution in [0.3, 0.4) is 0 Å². The molecule has 0 bridgehead atoms. The standard InChI is InChI=1S/C21H23ClN4O3S2/c1-13(14-6-3-2-4-7-14)23-21(27)16-11-10-15(22)12-18(16)26-31(28,29)19-9-5-8-17-20(19)25-30-24-17/h5,8-14,26H,2-4,6-7H2,1H3,(H,23,27)/t13-/m1/s1. The summed E-state index contributed by atoms with van der Waals surface area (Å²) in [6, 6.07) is 9.32. The lowest BCUT2D eigenvalue weighted by Crippen LogP contribution is -2.39. The van der Waals surface area contributed by atoms with E-state index >= 15 is 0 Å². The van der Waals surface area contributed by atoms with Crippen molar-refractivity contribution < 1.29 is 13.2 Å². The lowest BCUT2D eigenvalue weighted by molar-refractivity contribution is 0.0920. The monoisotopic (exact) mass is 478 g/mol. The number of carbonyl (C=O) groups excluding carboxylic acids is 1. The van der Waals surface area contributed by atoms with Gasteiger partial charge in [0.25, 0.3) is 15.9 Å². The number of rotatable bonds is 6. The third-order valence-corrected chi connectivity index (χ3v) is 7.90. The predicted molar refractivity (Wildman–Crippen MR) is 123 cm³/mol. The second kappa shape index (κ2) is 9.10. The fraction of sp³-hybridized carbons (Fsp3) is 0.381. The van der Waals surface area contributed by atoms with Gasteiger partial charge in [-0.3, -0.25) is 9.52 Å². The van der Waals surface area contributed by atoms with Crippen LogP contribution in [-0.2, 0) is 10.0 Å². The minimum absolute atomic E-state index is 0.000609. The van der Waals surface area contributed by atoms with Crippen LogP contribution in [0.4, 0.5) is 5.69 Å². The van der Waals surface area contributed by atoms with Gasteiger partial charge in [-0.25, -0.2) is 8.42 Å². The average Bonchev–Trinajstić information content (AvgIpc) is 3.23. The summed E-state index contributed by atoms with van der Waals surface area (Å²) in [4.78, 5) is 13.0. The minimum Gasteiger partial charge on any atom is -0.349 e. The van der Waals surface area contributed by atoms with E-state index in [-0.39, 0.29) is 28.1 Å². The van der Waals surface area contributed by atoms with Gasteiger partial charge in [0, 0.05) is 11.1 Å². The third kappa shape index (κ3) is 4.83. The number of halogens is 1. The molecule has 0 spiro atoms. The van der Waals surface area contributed by atoms with Gasteiger partial charge in [-0.15, -0.1) is 0 Å². The number of nitrogens with zero attached hydrogens (tertiary/aromatic N) is 2. The van der Waals surface area contributed by atoms with Crippen LogP contribution >= 0.6 is 23.3 Å². The lowest BCUT2D eigenvalue weighted by Gasteiger charge is -2.28. The van der Waals surface area contributed by atoms with Crippen molar-refractivity contribution in [1.82, 2.24) is 14.1 Å². The van der Waals surface area contributed by atoms with Crippen molar-refractivity contribution >= 4 is 56.0 Å². The van der Waals surface area contributed by atoms with Gasteiger partial charge in [0.05, 0.1) is 23.0 Å². The summed E-state index contributed by atoms with van der Waals surface area (Å²) in [6.07, 6.45) is 5.77. The highest BCUT2D eigenvalue weighted by Crippen LogP contribution is 2.29. The molecule has 7 nitrogen and oxygen atoms in total. The molecule has 2 N–H and O–H groups in total. The smallest absolute Gasteiger partial charge is 0.264 e. The fourth-order valence-corrected chi connectivity index (χ4v) is 6.04. The highest BCUT2D eigenvalue weighted by atomic mass is 35.5. The van der Waals surface area contributed by atoms with E-state index in [9.17, 15) is 13.2 Å². The molecule has 1 fully saturated rings. The summed E-state index contributed by atoms with van der Waals surface area (Å²) in [7, 11) is -4.02. The van der Waals surface area contributed by atoms with Crippen LogP contribution in [0.5, 0.6) is 0 Å². The Morgan fingerprint density at radius 2 is 1.94 bits per heavy atom. The second-order valence-corrected chi connectivity index (χ2v) is 10.5. The van der Waals surface area contributed by atoms with Crippen LogP contribution in [0.2, 0.25) is 5.02 Å². The van der Waals surface area contributed by atoms with Gasteiger partial charge in [0.15, 0.2) is 0 Å². The van der Waals surface area contributed by atoms with E-state index in [4.69, 9.17) is 11.6 Å². The summed E-state index contributed by atoms with van der Waals surface area (Å²) >= 11 is 7.06. The number of benzene rings is 2. The van der Waals surface area contributed by atoms with Crippen molar-refractivity contribution in [2.24, 2.45) is 5.92 Å². The number of sulfonamides is 1. The van der Waals surface area contributed by atoms with Gasteiger partial charge in [-0.05, 0) is 56.0 Å². The number of hydrogen-bond acceptors (Lipinski definition) is 6. The molecule has 1 saturated carbocycles. The minimum atomic E-state index is -4.02. The van der Waals surface area contributed by atoms with Gasteiger partial charge in [0.1, 0.15) is 15.9 Å². The van der Waals surface area contributed by atoms with E-state index < -0.39 is 10.0 Å². The molecule has 0 saturated heterocycles. The Morgan fingerprint density at radius 3 is 2.71 bits per heavy atom. The predicted octanol–water partition coefficient (Wildman–Crippen LogP) is 4.84. The highest BCUT2D eigenvalue weighted by molar-refractivity contribution is 7.93. The first-order valence-electron chi connectivity index (χ1n) is 10.2. The Bertz CT molecular complexity index is 1210. The highest BCUT2D eigenvalue weighted by Gasteiger charge is 2.25. The van der Waals surface area contributed by atoms with Crippen molar-refractivity contribution in [3.8, 4) is 0 Å². The maximum Gasteiger partial charge on any atom is 0.264 e. The zero-order valence-electron chi connectivity index (χ0n) is 17.0. The van der Waals surface area contributed by atoms with Gasteiger partial charge < -0.3 is 5.32 Å². The van der Waals surface area contributed by atoms with Gasteiger partial charge >= 0.3 is 0 Å². The fourth-order valence-electron chi connectivity index (χ4n) is 4.03. The van der Waals surface area contributed by atoms with Crippen molar-refractivity contribution in [1.29, 1.82) is 0 Å². The van der Waals surface area contributed by atoms with E-state index in [1.165, 1.54) is 37.5 Å². The molecule has 1 atom stereocenters. The first-order valence-corrected chi connectivity index (χ1v) is 12.8. The summed E-state index contributed by atoms with van der Waals surface area (Å²) < 4.78 is 37.0. The van der Waals surface area contributed by atoms with Crippen LogP contribution in [0.25, 0.3) is 11.0 Å². The lowest BCUT2D eigenvalue weighted by atomic mass is 9.84. The van der Waals surface area contributed by atoms with E-state index in [1.807, 2.05) is 6.92 Å². The molecule has 0 unspecified atom stereocenters. The maximum atomic E-state index is 13.1. The molecular formula is C21H23ClN4O3S2. The molecule has 0 radical (unpaired) electrons. The van der Waals surface area contributed by atoms with E-state index in [2.05, 4.69) is 18.8 Å². The van der Waals surface area contributed by atoms with E-state index in [0.29, 0.717) is 22.0 Å². The largest absolute Gasteiger partial charge is 0.349 e. The van der Waals surface area contributed by atoms with Crippen LogP contribution in [0, 0.1) is 5.92 Å². The van der Waals surface area contributed by atoms with Gasteiger partial charge in [0.2, 0.25) is 0 Å². The van der Waals surface area contributed by atoms with Crippen molar-refractivity contribution in [2.45, 2.75) is 50.0 Å². The second-order valence-electron chi connectivity index (χ2n) is 7.84. The van der Waals surface area contributed by atoms with Crippen LogP contribution in [-0.4, -0.2) is 29.1 Å². The molecule has 31 heavy (non-hydrogen) atoms. The molecule has 0 aliphatic heterocycles. The van der Waals surface area contributed by atoms with Gasteiger partial charge in [-0.2, -0.15) is 8.75 Å². The van der Waals surface area contributed by atoms with Crippen LogP contribution < -0.4 is 10.0 Å². The quantitative estimate of drug-likeness (QED) is 0.527.